The molecule has 0 aromatic carbocycles. The second-order valence-electron chi connectivity index (χ2n) is 2.96. The average molecular weight is 193 g/mol. The van der Waals surface area contributed by atoms with Crippen LogP contribution >= 0.6 is 0 Å². The minimum absolute atomic E-state index is 0.272. The largest absolute Gasteiger partial charge is 0.378 e. The van der Waals surface area contributed by atoms with Gasteiger partial charge in [-0.05, 0) is 0 Å². The maximum Gasteiger partial charge on any atom is 0.324 e. The van der Waals surface area contributed by atoms with E-state index in [1.54, 1.807) is 0 Å². The fraction of sp³-hybridized carbons (Fsp3) is 0.875. The number of morpholine rings is 1. The van der Waals surface area contributed by atoms with Gasteiger partial charge in [0.25, 0.3) is 5.91 Å². The molecular formula is C8H13F2NO2. The van der Waals surface area contributed by atoms with Gasteiger partial charge >= 0.3 is 5.92 Å². The molecule has 1 saturated heterocycles. The third kappa shape index (κ3) is 2.37. The first-order valence-corrected chi connectivity index (χ1v) is 4.33. The second-order valence-corrected chi connectivity index (χ2v) is 2.96. The van der Waals surface area contributed by atoms with Crippen molar-refractivity contribution in [1.29, 1.82) is 0 Å². The van der Waals surface area contributed by atoms with Crippen molar-refractivity contribution in [3.63, 3.8) is 0 Å². The van der Waals surface area contributed by atoms with E-state index in [1.165, 1.54) is 6.92 Å². The van der Waals surface area contributed by atoms with Crippen LogP contribution in [-0.4, -0.2) is 43.0 Å². The van der Waals surface area contributed by atoms with Gasteiger partial charge in [-0.15, -0.1) is 0 Å². The number of ether oxygens (including phenoxy) is 1. The van der Waals surface area contributed by atoms with Gasteiger partial charge in [-0.3, -0.25) is 4.79 Å². The zero-order valence-corrected chi connectivity index (χ0v) is 7.56. The third-order valence-corrected chi connectivity index (χ3v) is 2.06. The lowest BCUT2D eigenvalue weighted by Crippen LogP contribution is -2.48. The highest BCUT2D eigenvalue weighted by Crippen LogP contribution is 2.21. The summed E-state index contributed by atoms with van der Waals surface area (Å²) in [4.78, 5) is 12.3. The van der Waals surface area contributed by atoms with Crippen molar-refractivity contribution in [2.24, 2.45) is 0 Å². The third-order valence-electron chi connectivity index (χ3n) is 2.06. The van der Waals surface area contributed by atoms with Crippen LogP contribution in [0.25, 0.3) is 0 Å². The zero-order valence-electron chi connectivity index (χ0n) is 7.56. The second kappa shape index (κ2) is 4.00. The van der Waals surface area contributed by atoms with E-state index < -0.39 is 18.3 Å². The Morgan fingerprint density at radius 3 is 2.46 bits per heavy atom. The SMILES string of the molecule is CCC(F)(F)C(=O)N1CCOCC1. The molecule has 1 rings (SSSR count). The summed E-state index contributed by atoms with van der Waals surface area (Å²) in [6.45, 7) is 2.55. The predicted molar refractivity (Wildman–Crippen MR) is 42.6 cm³/mol. The highest BCUT2D eigenvalue weighted by Gasteiger charge is 2.40. The number of nitrogens with zero attached hydrogens (tertiary/aromatic N) is 1. The summed E-state index contributed by atoms with van der Waals surface area (Å²) in [5.41, 5.74) is 0. The minimum atomic E-state index is -3.21. The van der Waals surface area contributed by atoms with Gasteiger partial charge in [-0.1, -0.05) is 6.92 Å². The molecule has 1 amide bonds. The van der Waals surface area contributed by atoms with Crippen molar-refractivity contribution in [2.75, 3.05) is 26.3 Å². The standard InChI is InChI=1S/C8H13F2NO2/c1-2-8(9,10)7(12)11-3-5-13-6-4-11/h2-6H2,1H3. The molecule has 5 heteroatoms. The van der Waals surface area contributed by atoms with E-state index in [4.69, 9.17) is 4.74 Å². The first kappa shape index (κ1) is 10.4. The summed E-state index contributed by atoms with van der Waals surface area (Å²) < 4.78 is 30.8. The van der Waals surface area contributed by atoms with E-state index >= 15 is 0 Å². The van der Waals surface area contributed by atoms with Crippen molar-refractivity contribution in [3.8, 4) is 0 Å². The van der Waals surface area contributed by atoms with Crippen LogP contribution in [0.5, 0.6) is 0 Å². The maximum absolute atomic E-state index is 12.9. The van der Waals surface area contributed by atoms with Crippen LogP contribution in [0, 0.1) is 0 Å². The van der Waals surface area contributed by atoms with E-state index in [0.29, 0.717) is 13.2 Å². The molecule has 0 atom stereocenters. The zero-order chi connectivity index (χ0) is 9.90. The van der Waals surface area contributed by atoms with Crippen molar-refractivity contribution in [1.82, 2.24) is 4.90 Å². The lowest BCUT2D eigenvalue weighted by molar-refractivity contribution is -0.161. The monoisotopic (exact) mass is 193 g/mol. The first-order chi connectivity index (χ1) is 6.08. The van der Waals surface area contributed by atoms with E-state index in [1.807, 2.05) is 0 Å². The van der Waals surface area contributed by atoms with Crippen LogP contribution in [-0.2, 0) is 9.53 Å². The molecule has 0 aliphatic carbocycles. The topological polar surface area (TPSA) is 29.5 Å². The molecule has 0 unspecified atom stereocenters. The summed E-state index contributed by atoms with van der Waals surface area (Å²) in [7, 11) is 0. The predicted octanol–water partition coefficient (Wildman–Crippen LogP) is 0.891. The molecule has 13 heavy (non-hydrogen) atoms. The Bertz CT molecular complexity index is 191. The minimum Gasteiger partial charge on any atom is -0.378 e. The molecule has 0 bridgehead atoms. The van der Waals surface area contributed by atoms with Crippen LogP contribution in [0.2, 0.25) is 0 Å². The number of hydrogen-bond acceptors (Lipinski definition) is 2. The van der Waals surface area contributed by atoms with Gasteiger partial charge in [-0.2, -0.15) is 8.78 Å². The molecule has 3 nitrogen and oxygen atoms in total. The summed E-state index contributed by atoms with van der Waals surface area (Å²) >= 11 is 0. The maximum atomic E-state index is 12.9. The average Bonchev–Trinajstić information content (AvgIpc) is 2.18. The van der Waals surface area contributed by atoms with Crippen molar-refractivity contribution >= 4 is 5.91 Å². The first-order valence-electron chi connectivity index (χ1n) is 4.33. The molecule has 1 fully saturated rings. The molecule has 0 N–H and O–H groups in total. The molecule has 1 aliphatic rings. The van der Waals surface area contributed by atoms with Crippen molar-refractivity contribution in [2.45, 2.75) is 19.3 Å². The molecule has 1 aliphatic heterocycles. The van der Waals surface area contributed by atoms with Crippen molar-refractivity contribution in [3.05, 3.63) is 0 Å². The number of alkyl halides is 2. The van der Waals surface area contributed by atoms with Gasteiger partial charge in [0, 0.05) is 19.5 Å². The molecule has 0 saturated carbocycles. The van der Waals surface area contributed by atoms with E-state index in [2.05, 4.69) is 0 Å². The highest BCUT2D eigenvalue weighted by atomic mass is 19.3. The molecular weight excluding hydrogens is 180 g/mol. The molecule has 0 aromatic heterocycles. The Labute approximate surface area is 75.7 Å². The number of carbonyl (C=O) groups excluding carboxylic acids is 1. The number of amides is 1. The summed E-state index contributed by atoms with van der Waals surface area (Å²) in [5.74, 6) is -4.28. The van der Waals surface area contributed by atoms with Crippen LogP contribution in [0.1, 0.15) is 13.3 Å². The Hall–Kier alpha value is -0.710. The Kier molecular flexibility index (Phi) is 3.19. The van der Waals surface area contributed by atoms with Crippen LogP contribution in [0.4, 0.5) is 8.78 Å². The number of rotatable bonds is 2. The van der Waals surface area contributed by atoms with Gasteiger partial charge in [0.1, 0.15) is 0 Å². The summed E-state index contributed by atoms with van der Waals surface area (Å²) in [5, 5.41) is 0. The number of halogens is 2. The smallest absolute Gasteiger partial charge is 0.324 e. The summed E-state index contributed by atoms with van der Waals surface area (Å²) in [6, 6.07) is 0. The lowest BCUT2D eigenvalue weighted by atomic mass is 10.2. The normalized spacial score (nSPS) is 18.8. The molecule has 0 spiro atoms. The Balaban J connectivity index is 2.55. The number of hydrogen-bond donors (Lipinski definition) is 0. The van der Waals surface area contributed by atoms with Crippen molar-refractivity contribution < 1.29 is 18.3 Å². The van der Waals surface area contributed by atoms with E-state index in [9.17, 15) is 13.6 Å². The van der Waals surface area contributed by atoms with Gasteiger partial charge in [0.2, 0.25) is 0 Å². The fourth-order valence-electron chi connectivity index (χ4n) is 1.15. The Morgan fingerprint density at radius 2 is 2.00 bits per heavy atom. The fourth-order valence-corrected chi connectivity index (χ4v) is 1.15. The molecule has 0 radical (unpaired) electrons. The highest BCUT2D eigenvalue weighted by molar-refractivity contribution is 5.83. The van der Waals surface area contributed by atoms with Gasteiger partial charge in [-0.25, -0.2) is 0 Å². The molecule has 0 aromatic rings. The van der Waals surface area contributed by atoms with Gasteiger partial charge < -0.3 is 9.64 Å². The van der Waals surface area contributed by atoms with Crippen LogP contribution in [0.3, 0.4) is 0 Å². The Morgan fingerprint density at radius 1 is 1.46 bits per heavy atom. The molecule has 1 heterocycles. The van der Waals surface area contributed by atoms with Gasteiger partial charge in [0.15, 0.2) is 0 Å². The summed E-state index contributed by atoms with van der Waals surface area (Å²) in [6.07, 6.45) is -0.441. The van der Waals surface area contributed by atoms with E-state index in [-0.39, 0.29) is 13.1 Å². The quantitative estimate of drug-likeness (QED) is 0.651. The van der Waals surface area contributed by atoms with Gasteiger partial charge in [0.05, 0.1) is 13.2 Å². The molecule has 76 valence electrons. The van der Waals surface area contributed by atoms with E-state index in [0.717, 1.165) is 4.90 Å². The van der Waals surface area contributed by atoms with Crippen LogP contribution in [0.15, 0.2) is 0 Å². The lowest BCUT2D eigenvalue weighted by Gasteiger charge is -2.29. The van der Waals surface area contributed by atoms with Crippen LogP contribution < -0.4 is 0 Å². The number of carbonyl (C=O) groups is 1.